The lowest BCUT2D eigenvalue weighted by Gasteiger charge is -2.32. The van der Waals surface area contributed by atoms with E-state index in [-0.39, 0.29) is 5.56 Å². The normalized spacial score (nSPS) is 15.6. The summed E-state index contributed by atoms with van der Waals surface area (Å²) in [6, 6.07) is 7.69. The minimum Gasteiger partial charge on any atom is -0.343 e. The lowest BCUT2D eigenvalue weighted by molar-refractivity contribution is -0.132. The van der Waals surface area contributed by atoms with Crippen molar-refractivity contribution in [3.63, 3.8) is 0 Å². The molecule has 0 aliphatic carbocycles. The van der Waals surface area contributed by atoms with Crippen LogP contribution in [0.1, 0.15) is 36.1 Å². The zero-order valence-corrected chi connectivity index (χ0v) is 14.7. The highest BCUT2D eigenvalue weighted by Gasteiger charge is 2.22. The molecule has 4 nitrogen and oxygen atoms in total. The molecule has 0 saturated carbocycles. The monoisotopic (exact) mass is 344 g/mol. The van der Waals surface area contributed by atoms with E-state index >= 15 is 0 Å². The predicted octanol–water partition coefficient (Wildman–Crippen LogP) is 3.24. The fraction of sp³-hybridized carbons (Fsp3) is 0.474. The van der Waals surface area contributed by atoms with Crippen molar-refractivity contribution in [3.8, 4) is 0 Å². The topological polar surface area (TPSA) is 53.2 Å². The number of hydrogen-bond acceptors (Lipinski definition) is 3. The number of amides is 1. The van der Waals surface area contributed by atoms with Crippen LogP contribution in [-0.4, -0.2) is 28.9 Å². The number of H-pyrrole nitrogens is 1. The number of likely N-dealkylation sites (tertiary alicyclic amines) is 1. The van der Waals surface area contributed by atoms with Crippen molar-refractivity contribution < 1.29 is 4.79 Å². The molecular weight excluding hydrogens is 320 g/mol. The van der Waals surface area contributed by atoms with Crippen molar-refractivity contribution in [2.24, 2.45) is 5.92 Å². The molecule has 0 aromatic carbocycles. The average molecular weight is 344 g/mol. The maximum absolute atomic E-state index is 12.3. The number of rotatable bonds is 6. The molecule has 2 aromatic heterocycles. The Kier molecular flexibility index (Phi) is 5.86. The van der Waals surface area contributed by atoms with Gasteiger partial charge >= 0.3 is 0 Å². The highest BCUT2D eigenvalue weighted by atomic mass is 32.1. The van der Waals surface area contributed by atoms with Crippen LogP contribution in [0.3, 0.4) is 0 Å². The molecule has 0 radical (unpaired) electrons. The first kappa shape index (κ1) is 17.0. The van der Waals surface area contributed by atoms with E-state index in [4.69, 9.17) is 0 Å². The second-order valence-corrected chi connectivity index (χ2v) is 7.55. The molecule has 1 saturated heterocycles. The zero-order valence-electron chi connectivity index (χ0n) is 13.9. The van der Waals surface area contributed by atoms with E-state index in [2.05, 4.69) is 22.5 Å². The number of aromatic amines is 1. The van der Waals surface area contributed by atoms with Gasteiger partial charge in [-0.3, -0.25) is 9.59 Å². The molecule has 128 valence electrons. The van der Waals surface area contributed by atoms with E-state index in [1.807, 2.05) is 17.2 Å². The predicted molar refractivity (Wildman–Crippen MR) is 97.3 cm³/mol. The van der Waals surface area contributed by atoms with Crippen molar-refractivity contribution >= 4 is 17.2 Å². The molecule has 0 bridgehead atoms. The maximum Gasteiger partial charge on any atom is 0.247 e. The molecule has 5 heteroatoms. The summed E-state index contributed by atoms with van der Waals surface area (Å²) in [6.07, 6.45) is 7.50. The molecule has 0 spiro atoms. The van der Waals surface area contributed by atoms with Crippen LogP contribution in [0, 0.1) is 5.92 Å². The molecule has 3 heterocycles. The van der Waals surface area contributed by atoms with Gasteiger partial charge in [-0.05, 0) is 55.0 Å². The number of piperidine rings is 1. The molecule has 3 rings (SSSR count). The second kappa shape index (κ2) is 8.29. The Bertz CT molecular complexity index is 680. The first-order valence-corrected chi connectivity index (χ1v) is 9.56. The van der Waals surface area contributed by atoms with Crippen molar-refractivity contribution in [2.45, 2.75) is 38.5 Å². The minimum absolute atomic E-state index is 0.0540. The molecular formula is C19H24N2O2S. The first-order chi connectivity index (χ1) is 11.7. The van der Waals surface area contributed by atoms with Crippen LogP contribution in [0.2, 0.25) is 0 Å². The quantitative estimate of drug-likeness (QED) is 0.874. The summed E-state index contributed by atoms with van der Waals surface area (Å²) in [6.45, 7) is 1.73. The van der Waals surface area contributed by atoms with Gasteiger partial charge in [-0.2, -0.15) is 0 Å². The summed E-state index contributed by atoms with van der Waals surface area (Å²) in [7, 11) is 0. The Morgan fingerprint density at radius 1 is 1.25 bits per heavy atom. The van der Waals surface area contributed by atoms with E-state index in [1.165, 1.54) is 10.4 Å². The lowest BCUT2D eigenvalue weighted by atomic mass is 9.90. The molecule has 24 heavy (non-hydrogen) atoms. The Labute approximate surface area is 146 Å². The lowest BCUT2D eigenvalue weighted by Crippen LogP contribution is -2.38. The number of carbonyl (C=O) groups is 1. The molecule has 1 amide bonds. The SMILES string of the molecule is O=C(CCCc1cccs1)N1CCC(Cc2ccc(=O)[nH]c2)CC1. The van der Waals surface area contributed by atoms with Gasteiger partial charge < -0.3 is 9.88 Å². The molecule has 1 aliphatic rings. The molecule has 1 aliphatic heterocycles. The summed E-state index contributed by atoms with van der Waals surface area (Å²) >= 11 is 1.77. The van der Waals surface area contributed by atoms with Crippen LogP contribution in [-0.2, 0) is 17.6 Å². The summed E-state index contributed by atoms with van der Waals surface area (Å²) in [5, 5.41) is 2.09. The van der Waals surface area contributed by atoms with Gasteiger partial charge in [-0.25, -0.2) is 0 Å². The number of aromatic nitrogens is 1. The van der Waals surface area contributed by atoms with Gasteiger partial charge in [0.2, 0.25) is 11.5 Å². The summed E-state index contributed by atoms with van der Waals surface area (Å²) in [5.41, 5.74) is 1.12. The van der Waals surface area contributed by atoms with Gasteiger partial charge in [-0.15, -0.1) is 11.3 Å². The molecule has 0 unspecified atom stereocenters. The number of thiophene rings is 1. The van der Waals surface area contributed by atoms with Crippen LogP contribution in [0.15, 0.2) is 40.6 Å². The molecule has 1 fully saturated rings. The number of pyridine rings is 1. The van der Waals surface area contributed by atoms with Crippen LogP contribution in [0.5, 0.6) is 0 Å². The van der Waals surface area contributed by atoms with Crippen LogP contribution in [0.25, 0.3) is 0 Å². The van der Waals surface area contributed by atoms with Crippen molar-refractivity contribution in [1.82, 2.24) is 9.88 Å². The van der Waals surface area contributed by atoms with Gasteiger partial charge in [0, 0.05) is 36.7 Å². The average Bonchev–Trinajstić information content (AvgIpc) is 3.11. The Balaban J connectivity index is 1.38. The number of aryl methyl sites for hydroxylation is 1. The summed E-state index contributed by atoms with van der Waals surface area (Å²) < 4.78 is 0. The summed E-state index contributed by atoms with van der Waals surface area (Å²) in [4.78, 5) is 29.5. The zero-order chi connectivity index (χ0) is 16.8. The second-order valence-electron chi connectivity index (χ2n) is 6.52. The fourth-order valence-corrected chi connectivity index (χ4v) is 4.07. The van der Waals surface area contributed by atoms with E-state index in [0.717, 1.165) is 45.2 Å². The fourth-order valence-electron chi connectivity index (χ4n) is 3.32. The van der Waals surface area contributed by atoms with E-state index < -0.39 is 0 Å². The van der Waals surface area contributed by atoms with E-state index in [9.17, 15) is 9.59 Å². The summed E-state index contributed by atoms with van der Waals surface area (Å²) in [5.74, 6) is 0.903. The highest BCUT2D eigenvalue weighted by Crippen LogP contribution is 2.22. The third-order valence-corrected chi connectivity index (χ3v) is 5.67. The van der Waals surface area contributed by atoms with Gasteiger partial charge in [0.15, 0.2) is 0 Å². The van der Waals surface area contributed by atoms with Gasteiger partial charge in [0.1, 0.15) is 0 Å². The van der Waals surface area contributed by atoms with Crippen LogP contribution in [0.4, 0.5) is 0 Å². The standard InChI is InChI=1S/C19H24N2O2S/c22-18-7-6-16(14-20-18)13-15-8-10-21(11-9-15)19(23)5-1-3-17-4-2-12-24-17/h2,4,6-7,12,14-15H,1,3,5,8-11,13H2,(H,20,22). The molecule has 0 atom stereocenters. The number of hydrogen-bond donors (Lipinski definition) is 1. The van der Waals surface area contributed by atoms with Crippen LogP contribution >= 0.6 is 11.3 Å². The van der Waals surface area contributed by atoms with Crippen molar-refractivity contribution in [2.75, 3.05) is 13.1 Å². The van der Waals surface area contributed by atoms with Gasteiger partial charge in [0.25, 0.3) is 0 Å². The largest absolute Gasteiger partial charge is 0.343 e. The number of carbonyl (C=O) groups excluding carboxylic acids is 1. The Morgan fingerprint density at radius 2 is 2.08 bits per heavy atom. The number of nitrogens with one attached hydrogen (secondary N) is 1. The third-order valence-electron chi connectivity index (χ3n) is 4.73. The smallest absolute Gasteiger partial charge is 0.247 e. The Hall–Kier alpha value is -1.88. The maximum atomic E-state index is 12.3. The van der Waals surface area contributed by atoms with Gasteiger partial charge in [0.05, 0.1) is 0 Å². The van der Waals surface area contributed by atoms with E-state index in [1.54, 1.807) is 17.4 Å². The van der Waals surface area contributed by atoms with Gasteiger partial charge in [-0.1, -0.05) is 12.1 Å². The third kappa shape index (κ3) is 4.81. The Morgan fingerprint density at radius 3 is 2.75 bits per heavy atom. The van der Waals surface area contributed by atoms with Crippen LogP contribution < -0.4 is 5.56 Å². The van der Waals surface area contributed by atoms with Crippen molar-refractivity contribution in [1.29, 1.82) is 0 Å². The highest BCUT2D eigenvalue weighted by molar-refractivity contribution is 7.09. The first-order valence-electron chi connectivity index (χ1n) is 8.68. The van der Waals surface area contributed by atoms with E-state index in [0.29, 0.717) is 18.2 Å². The van der Waals surface area contributed by atoms with Crippen molar-refractivity contribution in [3.05, 3.63) is 56.6 Å². The molecule has 2 aromatic rings. The molecule has 1 N–H and O–H groups in total. The minimum atomic E-state index is -0.0540. The number of nitrogens with zero attached hydrogens (tertiary/aromatic N) is 1.